The molecule has 4 nitrogen and oxygen atoms in total. The van der Waals surface area contributed by atoms with Crippen LogP contribution in [-0.4, -0.2) is 25.3 Å². The third kappa shape index (κ3) is 5.37. The van der Waals surface area contributed by atoms with E-state index in [1.807, 2.05) is 19.9 Å². The fraction of sp³-hybridized carbons (Fsp3) is 0.462. The molecule has 0 aliphatic carbocycles. The summed E-state index contributed by atoms with van der Waals surface area (Å²) in [5.41, 5.74) is 6.70. The van der Waals surface area contributed by atoms with Gasteiger partial charge in [-0.2, -0.15) is 0 Å². The summed E-state index contributed by atoms with van der Waals surface area (Å²) in [5, 5.41) is 1.15. The van der Waals surface area contributed by atoms with Crippen LogP contribution in [0.2, 0.25) is 10.0 Å². The van der Waals surface area contributed by atoms with Crippen LogP contribution < -0.4 is 5.73 Å². The number of nitrogens with zero attached hydrogens (tertiary/aromatic N) is 1. The normalized spacial score (nSPS) is 12.2. The van der Waals surface area contributed by atoms with Crippen molar-refractivity contribution >= 4 is 29.0 Å². The van der Waals surface area contributed by atoms with Gasteiger partial charge in [-0.05, 0) is 31.5 Å². The maximum Gasteiger partial charge on any atom is 0.216 e. The van der Waals surface area contributed by atoms with E-state index < -0.39 is 6.29 Å². The summed E-state index contributed by atoms with van der Waals surface area (Å²) in [4.78, 5) is 4.24. The second-order valence-corrected chi connectivity index (χ2v) is 4.56. The van der Waals surface area contributed by atoms with Gasteiger partial charge in [-0.3, -0.25) is 4.99 Å². The topological polar surface area (TPSA) is 56.8 Å². The Labute approximate surface area is 123 Å². The average molecular weight is 305 g/mol. The van der Waals surface area contributed by atoms with Gasteiger partial charge in [0.05, 0.1) is 6.54 Å². The Morgan fingerprint density at radius 3 is 2.42 bits per heavy atom. The summed E-state index contributed by atoms with van der Waals surface area (Å²) in [6.07, 6.45) is -0.610. The minimum absolute atomic E-state index is 0.301. The third-order valence-corrected chi connectivity index (χ3v) is 2.91. The molecule has 1 aromatic carbocycles. The van der Waals surface area contributed by atoms with Crippen LogP contribution in [0.4, 0.5) is 0 Å². The van der Waals surface area contributed by atoms with E-state index in [1.54, 1.807) is 12.1 Å². The number of rotatable bonds is 7. The Bertz CT molecular complexity index is 433. The lowest BCUT2D eigenvalue weighted by atomic mass is 10.2. The van der Waals surface area contributed by atoms with Gasteiger partial charge >= 0.3 is 0 Å². The van der Waals surface area contributed by atoms with Crippen molar-refractivity contribution in [1.29, 1.82) is 0 Å². The van der Waals surface area contributed by atoms with E-state index >= 15 is 0 Å². The molecule has 106 valence electrons. The molecule has 0 atom stereocenters. The number of hydrogen-bond acceptors (Lipinski definition) is 3. The minimum Gasteiger partial charge on any atom is -0.383 e. The lowest BCUT2D eigenvalue weighted by molar-refractivity contribution is -0.0907. The maximum absolute atomic E-state index is 6.06. The van der Waals surface area contributed by atoms with Gasteiger partial charge in [0.1, 0.15) is 0 Å². The molecular formula is C13H18Cl2N2O2. The molecule has 0 amide bonds. The van der Waals surface area contributed by atoms with Crippen molar-refractivity contribution < 1.29 is 9.47 Å². The Morgan fingerprint density at radius 1 is 1.26 bits per heavy atom. The minimum atomic E-state index is -0.610. The zero-order valence-electron chi connectivity index (χ0n) is 11.0. The zero-order chi connectivity index (χ0) is 14.3. The van der Waals surface area contributed by atoms with Crippen LogP contribution in [0, 0.1) is 0 Å². The fourth-order valence-corrected chi connectivity index (χ4v) is 1.89. The van der Waals surface area contributed by atoms with Gasteiger partial charge in [0.2, 0.25) is 6.29 Å². The van der Waals surface area contributed by atoms with Gasteiger partial charge in [0.25, 0.3) is 0 Å². The van der Waals surface area contributed by atoms with Gasteiger partial charge in [0, 0.05) is 23.3 Å². The predicted molar refractivity (Wildman–Crippen MR) is 78.8 cm³/mol. The number of nitrogens with two attached hydrogens (primary N) is 1. The van der Waals surface area contributed by atoms with Gasteiger partial charge < -0.3 is 15.2 Å². The molecule has 0 saturated heterocycles. The standard InChI is InChI=1S/C13H18Cl2N2O2/c1-3-18-13(19-4-2)12(16)17-8-9-5-6-10(14)7-11(9)15/h5-7,13H,3-4,8H2,1-2H3,(H2,16,17). The number of benzene rings is 1. The molecule has 19 heavy (non-hydrogen) atoms. The lowest BCUT2D eigenvalue weighted by Crippen LogP contribution is -2.34. The van der Waals surface area contributed by atoms with Crippen LogP contribution >= 0.6 is 23.2 Å². The Hall–Kier alpha value is -0.810. The van der Waals surface area contributed by atoms with Crippen LogP contribution in [-0.2, 0) is 16.0 Å². The molecule has 0 fully saturated rings. The summed E-state index contributed by atoms with van der Waals surface area (Å²) in [6, 6.07) is 5.25. The number of amidine groups is 1. The van der Waals surface area contributed by atoms with Crippen molar-refractivity contribution in [2.75, 3.05) is 13.2 Å². The fourth-order valence-electron chi connectivity index (χ4n) is 1.42. The summed E-state index contributed by atoms with van der Waals surface area (Å²) in [7, 11) is 0. The highest BCUT2D eigenvalue weighted by Gasteiger charge is 2.12. The van der Waals surface area contributed by atoms with Crippen molar-refractivity contribution in [2.45, 2.75) is 26.7 Å². The highest BCUT2D eigenvalue weighted by atomic mass is 35.5. The van der Waals surface area contributed by atoms with Crippen LogP contribution in [0.5, 0.6) is 0 Å². The number of hydrogen-bond donors (Lipinski definition) is 1. The molecule has 1 aromatic rings. The van der Waals surface area contributed by atoms with E-state index in [1.165, 1.54) is 0 Å². The van der Waals surface area contributed by atoms with E-state index in [-0.39, 0.29) is 0 Å². The van der Waals surface area contributed by atoms with Crippen LogP contribution in [0.15, 0.2) is 23.2 Å². The lowest BCUT2D eigenvalue weighted by Gasteiger charge is -2.16. The van der Waals surface area contributed by atoms with Gasteiger partial charge in [-0.1, -0.05) is 29.3 Å². The molecular weight excluding hydrogens is 287 g/mol. The predicted octanol–water partition coefficient (Wildman–Crippen LogP) is 3.25. The van der Waals surface area contributed by atoms with Crippen molar-refractivity contribution in [2.24, 2.45) is 10.7 Å². The van der Waals surface area contributed by atoms with Gasteiger partial charge in [-0.15, -0.1) is 0 Å². The average Bonchev–Trinajstić information content (AvgIpc) is 2.37. The molecule has 0 aliphatic heterocycles. The molecule has 1 rings (SSSR count). The SMILES string of the molecule is CCOC(OCC)C(N)=NCc1ccc(Cl)cc1Cl. The second-order valence-electron chi connectivity index (χ2n) is 3.72. The van der Waals surface area contributed by atoms with Gasteiger partial charge in [-0.25, -0.2) is 0 Å². The molecule has 0 aliphatic rings. The maximum atomic E-state index is 6.06. The molecule has 0 saturated carbocycles. The molecule has 6 heteroatoms. The summed E-state index contributed by atoms with van der Waals surface area (Å²) in [6.45, 7) is 5.11. The van der Waals surface area contributed by atoms with E-state index in [9.17, 15) is 0 Å². The molecule has 0 spiro atoms. The monoisotopic (exact) mass is 304 g/mol. The Kier molecular flexibility index (Phi) is 7.16. The van der Waals surface area contributed by atoms with Crippen LogP contribution in [0.3, 0.4) is 0 Å². The van der Waals surface area contributed by atoms with Crippen molar-refractivity contribution in [3.05, 3.63) is 33.8 Å². The highest BCUT2D eigenvalue weighted by Crippen LogP contribution is 2.21. The Morgan fingerprint density at radius 2 is 1.89 bits per heavy atom. The highest BCUT2D eigenvalue weighted by molar-refractivity contribution is 6.35. The molecule has 0 heterocycles. The number of aliphatic imine (C=N–C) groups is 1. The second kappa shape index (κ2) is 8.38. The van der Waals surface area contributed by atoms with Crippen molar-refractivity contribution in [3.8, 4) is 0 Å². The summed E-state index contributed by atoms with van der Waals surface area (Å²) >= 11 is 11.9. The largest absolute Gasteiger partial charge is 0.383 e. The quantitative estimate of drug-likeness (QED) is 0.478. The van der Waals surface area contributed by atoms with Gasteiger partial charge in [0.15, 0.2) is 5.84 Å². The van der Waals surface area contributed by atoms with Crippen molar-refractivity contribution in [3.63, 3.8) is 0 Å². The smallest absolute Gasteiger partial charge is 0.216 e. The number of ether oxygens (including phenoxy) is 2. The Balaban J connectivity index is 2.72. The summed E-state index contributed by atoms with van der Waals surface area (Å²) in [5.74, 6) is 0.301. The molecule has 0 unspecified atom stereocenters. The summed E-state index contributed by atoms with van der Waals surface area (Å²) < 4.78 is 10.7. The van der Waals surface area contributed by atoms with E-state index in [0.29, 0.717) is 35.6 Å². The van der Waals surface area contributed by atoms with E-state index in [4.69, 9.17) is 38.4 Å². The molecule has 0 bridgehead atoms. The third-order valence-electron chi connectivity index (χ3n) is 2.32. The van der Waals surface area contributed by atoms with E-state index in [2.05, 4.69) is 4.99 Å². The molecule has 0 aromatic heterocycles. The number of halogens is 2. The first kappa shape index (κ1) is 16.2. The first-order valence-corrected chi connectivity index (χ1v) is 6.81. The van der Waals surface area contributed by atoms with Crippen molar-refractivity contribution in [1.82, 2.24) is 0 Å². The van der Waals surface area contributed by atoms with Crippen LogP contribution in [0.1, 0.15) is 19.4 Å². The first-order valence-electron chi connectivity index (χ1n) is 6.05. The molecule has 2 N–H and O–H groups in total. The molecule has 0 radical (unpaired) electrons. The van der Waals surface area contributed by atoms with Crippen LogP contribution in [0.25, 0.3) is 0 Å². The van der Waals surface area contributed by atoms with E-state index in [0.717, 1.165) is 5.56 Å². The zero-order valence-corrected chi connectivity index (χ0v) is 12.5. The first-order chi connectivity index (χ1) is 9.08.